The maximum atomic E-state index is 9.72. The first kappa shape index (κ1) is 17.7. The van der Waals surface area contributed by atoms with Gasteiger partial charge in [0.05, 0.1) is 21.3 Å². The lowest BCUT2D eigenvalue weighted by Gasteiger charge is -2.10. The monoisotopic (exact) mass is 470 g/mol. The van der Waals surface area contributed by atoms with Crippen LogP contribution in [0.5, 0.6) is 23.0 Å². The van der Waals surface area contributed by atoms with Crippen LogP contribution >= 0.6 is 33.9 Å². The van der Waals surface area contributed by atoms with Crippen molar-refractivity contribution in [3.8, 4) is 44.1 Å². The molecule has 0 saturated carbocycles. The van der Waals surface area contributed by atoms with Crippen LogP contribution < -0.4 is 14.2 Å². The number of aromatic nitrogens is 2. The van der Waals surface area contributed by atoms with E-state index >= 15 is 0 Å². The van der Waals surface area contributed by atoms with Gasteiger partial charge in [0.2, 0.25) is 0 Å². The summed E-state index contributed by atoms with van der Waals surface area (Å²) in [5.41, 5.74) is 1.75. The second kappa shape index (κ2) is 7.44. The molecule has 25 heavy (non-hydrogen) atoms. The van der Waals surface area contributed by atoms with Crippen molar-refractivity contribution in [2.24, 2.45) is 0 Å². The molecule has 0 spiro atoms. The topological polar surface area (TPSA) is 73.7 Å². The third-order valence-electron chi connectivity index (χ3n) is 3.56. The highest BCUT2D eigenvalue weighted by molar-refractivity contribution is 14.1. The van der Waals surface area contributed by atoms with Crippen molar-refractivity contribution in [2.75, 3.05) is 21.3 Å². The van der Waals surface area contributed by atoms with Crippen LogP contribution in [0.1, 0.15) is 0 Å². The number of halogens is 1. The van der Waals surface area contributed by atoms with Crippen molar-refractivity contribution in [3.63, 3.8) is 0 Å². The molecule has 0 aliphatic rings. The average molecular weight is 470 g/mol. The van der Waals surface area contributed by atoms with Crippen LogP contribution in [-0.2, 0) is 0 Å². The second-order valence-electron chi connectivity index (χ2n) is 4.99. The number of phenolic OH excluding ortho intramolecular Hbond substituents is 1. The third-order valence-corrected chi connectivity index (χ3v) is 5.45. The number of hydrogen-bond donors (Lipinski definition) is 1. The van der Waals surface area contributed by atoms with Crippen LogP contribution in [0.2, 0.25) is 0 Å². The lowest BCUT2D eigenvalue weighted by atomic mass is 10.2. The van der Waals surface area contributed by atoms with Crippen molar-refractivity contribution in [3.05, 3.63) is 33.9 Å². The van der Waals surface area contributed by atoms with Crippen LogP contribution in [0.4, 0.5) is 0 Å². The molecule has 1 N–H and O–H groups in total. The molecule has 0 bridgehead atoms. The summed E-state index contributed by atoms with van der Waals surface area (Å²) in [7, 11) is 4.72. The number of aromatic hydroxyl groups is 1. The molecular weight excluding hydrogens is 455 g/mol. The molecule has 0 unspecified atom stereocenters. The van der Waals surface area contributed by atoms with Gasteiger partial charge in [-0.3, -0.25) is 0 Å². The molecule has 0 fully saturated rings. The average Bonchev–Trinajstić information content (AvgIpc) is 3.11. The van der Waals surface area contributed by atoms with E-state index in [-0.39, 0.29) is 5.75 Å². The summed E-state index contributed by atoms with van der Waals surface area (Å²) in [6.45, 7) is 0. The normalized spacial score (nSPS) is 10.6. The zero-order chi connectivity index (χ0) is 18.0. The first-order chi connectivity index (χ1) is 12.1. The smallest absolute Gasteiger partial charge is 0.161 e. The van der Waals surface area contributed by atoms with E-state index in [1.165, 1.54) is 18.4 Å². The largest absolute Gasteiger partial charge is 0.504 e. The second-order valence-corrected chi connectivity index (χ2v) is 7.13. The number of ether oxygens (including phenoxy) is 3. The summed E-state index contributed by atoms with van der Waals surface area (Å²) >= 11 is 3.69. The van der Waals surface area contributed by atoms with Gasteiger partial charge in [0.1, 0.15) is 10.0 Å². The van der Waals surface area contributed by atoms with Crippen molar-refractivity contribution in [1.29, 1.82) is 0 Å². The van der Waals surface area contributed by atoms with Crippen LogP contribution in [-0.4, -0.2) is 36.6 Å². The number of hydrogen-bond acceptors (Lipinski definition) is 7. The maximum absolute atomic E-state index is 9.72. The molecule has 1 heterocycles. The highest BCUT2D eigenvalue weighted by Crippen LogP contribution is 2.39. The SMILES string of the molecule is COc1cc(-c2nnc(-c3cc(OC)c(OC)cc3I)s2)ccc1O. The summed E-state index contributed by atoms with van der Waals surface area (Å²) in [5.74, 6) is 1.80. The van der Waals surface area contributed by atoms with E-state index in [2.05, 4.69) is 32.8 Å². The number of phenols is 1. The van der Waals surface area contributed by atoms with Crippen molar-refractivity contribution < 1.29 is 19.3 Å². The van der Waals surface area contributed by atoms with Crippen LogP contribution in [0.25, 0.3) is 21.1 Å². The zero-order valence-corrected chi connectivity index (χ0v) is 16.7. The van der Waals surface area contributed by atoms with E-state index in [9.17, 15) is 5.11 Å². The highest BCUT2D eigenvalue weighted by Gasteiger charge is 2.16. The summed E-state index contributed by atoms with van der Waals surface area (Å²) < 4.78 is 16.8. The molecule has 3 aromatic rings. The summed E-state index contributed by atoms with van der Waals surface area (Å²) in [5, 5.41) is 19.8. The van der Waals surface area contributed by atoms with Crippen molar-refractivity contribution >= 4 is 33.9 Å². The Hall–Kier alpha value is -2.07. The van der Waals surface area contributed by atoms with Gasteiger partial charge in [-0.05, 0) is 52.9 Å². The van der Waals surface area contributed by atoms with Crippen LogP contribution in [0.3, 0.4) is 0 Å². The minimum absolute atomic E-state index is 0.0884. The van der Waals surface area contributed by atoms with Gasteiger partial charge in [-0.15, -0.1) is 10.2 Å². The van der Waals surface area contributed by atoms with E-state index in [1.54, 1.807) is 32.4 Å². The Labute approximate surface area is 162 Å². The molecule has 3 rings (SSSR count). The molecule has 0 radical (unpaired) electrons. The number of nitrogens with zero attached hydrogens (tertiary/aromatic N) is 2. The Morgan fingerprint density at radius 3 is 2.20 bits per heavy atom. The number of rotatable bonds is 5. The van der Waals surface area contributed by atoms with Gasteiger partial charge in [-0.2, -0.15) is 0 Å². The minimum atomic E-state index is 0.0884. The lowest BCUT2D eigenvalue weighted by molar-refractivity contribution is 0.355. The molecule has 130 valence electrons. The van der Waals surface area contributed by atoms with Gasteiger partial charge in [0, 0.05) is 14.7 Å². The Morgan fingerprint density at radius 2 is 1.52 bits per heavy atom. The van der Waals surface area contributed by atoms with E-state index in [1.807, 2.05) is 12.1 Å². The van der Waals surface area contributed by atoms with E-state index < -0.39 is 0 Å². The molecule has 0 atom stereocenters. The summed E-state index contributed by atoms with van der Waals surface area (Å²) in [4.78, 5) is 0. The van der Waals surface area contributed by atoms with Crippen molar-refractivity contribution in [2.45, 2.75) is 0 Å². The van der Waals surface area contributed by atoms with Crippen LogP contribution in [0, 0.1) is 3.57 Å². The highest BCUT2D eigenvalue weighted by atomic mass is 127. The van der Waals surface area contributed by atoms with Gasteiger partial charge < -0.3 is 19.3 Å². The lowest BCUT2D eigenvalue weighted by Crippen LogP contribution is -1.93. The molecule has 6 nitrogen and oxygen atoms in total. The fourth-order valence-corrected chi connectivity index (χ4v) is 4.02. The maximum Gasteiger partial charge on any atom is 0.161 e. The van der Waals surface area contributed by atoms with Crippen LogP contribution in [0.15, 0.2) is 30.3 Å². The quantitative estimate of drug-likeness (QED) is 0.564. The molecular formula is C17H15IN2O4S. The molecule has 0 aliphatic heterocycles. The molecule has 0 aliphatic carbocycles. The van der Waals surface area contributed by atoms with Gasteiger partial charge in [0.15, 0.2) is 23.0 Å². The Kier molecular flexibility index (Phi) is 5.28. The molecule has 8 heteroatoms. The van der Waals surface area contributed by atoms with E-state index in [0.29, 0.717) is 17.2 Å². The fourth-order valence-electron chi connectivity index (χ4n) is 2.28. The first-order valence-electron chi connectivity index (χ1n) is 7.20. The minimum Gasteiger partial charge on any atom is -0.504 e. The number of benzene rings is 2. The number of methoxy groups -OCH3 is 3. The van der Waals surface area contributed by atoms with Gasteiger partial charge in [-0.25, -0.2) is 0 Å². The van der Waals surface area contributed by atoms with E-state index in [4.69, 9.17) is 14.2 Å². The molecule has 1 aromatic heterocycles. The zero-order valence-electron chi connectivity index (χ0n) is 13.7. The predicted octanol–water partition coefficient (Wildman–Crippen LogP) is 4.21. The summed E-state index contributed by atoms with van der Waals surface area (Å²) in [6.07, 6.45) is 0. The third kappa shape index (κ3) is 3.49. The Morgan fingerprint density at radius 1 is 0.880 bits per heavy atom. The Bertz CT molecular complexity index is 914. The van der Waals surface area contributed by atoms with Gasteiger partial charge >= 0.3 is 0 Å². The summed E-state index contributed by atoms with van der Waals surface area (Å²) in [6, 6.07) is 8.89. The standard InChI is InChI=1S/C17H15IN2O4S/c1-22-13-6-9(4-5-12(13)21)16-19-20-17(25-16)10-7-14(23-2)15(24-3)8-11(10)18/h4-8,21H,1-3H3. The fraction of sp³-hybridized carbons (Fsp3) is 0.176. The Balaban J connectivity index is 2.02. The predicted molar refractivity (Wildman–Crippen MR) is 105 cm³/mol. The van der Waals surface area contributed by atoms with Crippen molar-refractivity contribution in [1.82, 2.24) is 10.2 Å². The van der Waals surface area contributed by atoms with Gasteiger partial charge in [0.25, 0.3) is 0 Å². The van der Waals surface area contributed by atoms with E-state index in [0.717, 1.165) is 24.7 Å². The first-order valence-corrected chi connectivity index (χ1v) is 9.09. The van der Waals surface area contributed by atoms with Gasteiger partial charge in [-0.1, -0.05) is 11.3 Å². The molecule has 0 amide bonds. The molecule has 2 aromatic carbocycles. The molecule has 0 saturated heterocycles.